The van der Waals surface area contributed by atoms with Crippen LogP contribution in [0.3, 0.4) is 0 Å². The first-order chi connectivity index (χ1) is 9.74. The van der Waals surface area contributed by atoms with Gasteiger partial charge in [-0.05, 0) is 22.6 Å². The number of nitrogens with one attached hydrogen (secondary N) is 1. The van der Waals surface area contributed by atoms with E-state index in [2.05, 4.69) is 31.8 Å². The van der Waals surface area contributed by atoms with Gasteiger partial charge in [0.05, 0.1) is 6.20 Å². The molecule has 102 valence electrons. The summed E-state index contributed by atoms with van der Waals surface area (Å²) in [6.07, 6.45) is 6.34. The highest BCUT2D eigenvalue weighted by molar-refractivity contribution is 8.02. The number of aromatic amines is 1. The van der Waals surface area contributed by atoms with Crippen LogP contribution in [0.2, 0.25) is 0 Å². The molecule has 1 aliphatic rings. The fraction of sp³-hybridized carbons (Fsp3) is 0.273. The number of hydrogen-bond acceptors (Lipinski definition) is 7. The van der Waals surface area contributed by atoms with Crippen molar-refractivity contribution in [2.75, 3.05) is 0 Å². The average Bonchev–Trinajstić information content (AvgIpc) is 3.19. The van der Waals surface area contributed by atoms with Crippen LogP contribution >= 0.6 is 11.8 Å². The van der Waals surface area contributed by atoms with Crippen LogP contribution < -0.4 is 0 Å². The zero-order valence-electron chi connectivity index (χ0n) is 10.3. The van der Waals surface area contributed by atoms with Gasteiger partial charge in [0.1, 0.15) is 5.37 Å². The lowest BCUT2D eigenvalue weighted by Gasteiger charge is -2.07. The van der Waals surface area contributed by atoms with Crippen molar-refractivity contribution in [1.82, 2.24) is 30.4 Å². The van der Waals surface area contributed by atoms with Crippen molar-refractivity contribution in [1.29, 1.82) is 0 Å². The van der Waals surface area contributed by atoms with E-state index in [4.69, 9.17) is 0 Å². The molecule has 1 N–H and O–H groups in total. The first-order valence-electron chi connectivity index (χ1n) is 5.88. The second kappa shape index (κ2) is 5.37. The molecule has 8 nitrogen and oxygen atoms in total. The van der Waals surface area contributed by atoms with Gasteiger partial charge in [0.2, 0.25) is 11.6 Å². The van der Waals surface area contributed by atoms with Crippen LogP contribution in [-0.4, -0.2) is 42.0 Å². The van der Waals surface area contributed by atoms with Crippen LogP contribution in [0.25, 0.3) is 0 Å². The van der Waals surface area contributed by atoms with Gasteiger partial charge in [-0.3, -0.25) is 14.3 Å². The number of nitrogens with zero attached hydrogens (tertiary/aromatic N) is 5. The summed E-state index contributed by atoms with van der Waals surface area (Å²) in [6.45, 7) is 0. The van der Waals surface area contributed by atoms with Crippen LogP contribution in [-0.2, 0) is 11.2 Å². The minimum absolute atomic E-state index is 0.0157. The fourth-order valence-corrected chi connectivity index (χ4v) is 2.68. The summed E-state index contributed by atoms with van der Waals surface area (Å²) in [5, 5.41) is 18.9. The van der Waals surface area contributed by atoms with Gasteiger partial charge in [-0.2, -0.15) is 10.3 Å². The summed E-state index contributed by atoms with van der Waals surface area (Å²) in [7, 11) is 0. The van der Waals surface area contributed by atoms with Crippen molar-refractivity contribution < 1.29 is 9.59 Å². The molecule has 0 radical (unpaired) electrons. The van der Waals surface area contributed by atoms with E-state index in [0.717, 1.165) is 6.42 Å². The van der Waals surface area contributed by atoms with E-state index in [-0.39, 0.29) is 17.6 Å². The molecule has 9 heteroatoms. The van der Waals surface area contributed by atoms with Crippen LogP contribution in [0, 0.1) is 0 Å². The average molecular weight is 290 g/mol. The summed E-state index contributed by atoms with van der Waals surface area (Å²) >= 11 is 1.67. The summed E-state index contributed by atoms with van der Waals surface area (Å²) in [4.78, 5) is 23.5. The van der Waals surface area contributed by atoms with Gasteiger partial charge in [0, 0.05) is 12.6 Å². The topological polar surface area (TPSA) is 106 Å². The van der Waals surface area contributed by atoms with Crippen LogP contribution in [0.4, 0.5) is 0 Å². The first-order valence-corrected chi connectivity index (χ1v) is 6.83. The molecule has 0 saturated carbocycles. The lowest BCUT2D eigenvalue weighted by molar-refractivity contribution is -0.114. The molecule has 3 heterocycles. The summed E-state index contributed by atoms with van der Waals surface area (Å²) in [5.41, 5.74) is 0.694. The monoisotopic (exact) mass is 290 g/mol. The van der Waals surface area contributed by atoms with Crippen LogP contribution in [0.1, 0.15) is 28.0 Å². The molecular weight excluding hydrogens is 280 g/mol. The predicted molar refractivity (Wildman–Crippen MR) is 69.8 cm³/mol. The third kappa shape index (κ3) is 2.52. The molecule has 1 atom stereocenters. The fourth-order valence-electron chi connectivity index (χ4n) is 1.82. The number of Topliss-reactive ketones (excluding diaryl/α,β-unsaturated/α-hetero) is 2. The Bertz CT molecular complexity index is 654. The number of ketones is 2. The van der Waals surface area contributed by atoms with Crippen LogP contribution in [0.5, 0.6) is 0 Å². The smallest absolute Gasteiger partial charge is 0.269 e. The lowest BCUT2D eigenvalue weighted by Crippen LogP contribution is -2.18. The second-order valence-corrected chi connectivity index (χ2v) is 5.28. The number of hydrogen-bond donors (Lipinski definition) is 1. The predicted octanol–water partition coefficient (Wildman–Crippen LogP) is 0.540. The molecule has 0 fully saturated rings. The van der Waals surface area contributed by atoms with E-state index in [1.807, 2.05) is 5.41 Å². The molecule has 1 unspecified atom stereocenters. The third-order valence-corrected chi connectivity index (χ3v) is 3.86. The van der Waals surface area contributed by atoms with E-state index in [0.29, 0.717) is 5.56 Å². The Morgan fingerprint density at radius 2 is 2.40 bits per heavy atom. The van der Waals surface area contributed by atoms with E-state index in [1.54, 1.807) is 28.8 Å². The Labute approximate surface area is 117 Å². The van der Waals surface area contributed by atoms with Gasteiger partial charge in [-0.1, -0.05) is 6.08 Å². The van der Waals surface area contributed by atoms with Crippen molar-refractivity contribution in [3.05, 3.63) is 35.3 Å². The highest BCUT2D eigenvalue weighted by Gasteiger charge is 2.22. The van der Waals surface area contributed by atoms with Gasteiger partial charge in [0.15, 0.2) is 0 Å². The maximum Gasteiger partial charge on any atom is 0.269 e. The maximum absolute atomic E-state index is 11.8. The van der Waals surface area contributed by atoms with Gasteiger partial charge in [0.25, 0.3) is 5.78 Å². The Hall–Kier alpha value is -2.29. The molecule has 2 aromatic heterocycles. The molecule has 0 aromatic carbocycles. The number of aromatic nitrogens is 6. The van der Waals surface area contributed by atoms with Crippen molar-refractivity contribution in [3.8, 4) is 0 Å². The van der Waals surface area contributed by atoms with Crippen LogP contribution in [0.15, 0.2) is 23.9 Å². The number of allylic oxidation sites excluding steroid dienone is 1. The van der Waals surface area contributed by atoms with Gasteiger partial charge in [-0.15, -0.1) is 22.0 Å². The van der Waals surface area contributed by atoms with Gasteiger partial charge >= 0.3 is 0 Å². The summed E-state index contributed by atoms with van der Waals surface area (Å²) < 4.78 is 1.80. The minimum Gasteiger partial charge on any atom is -0.290 e. The quantitative estimate of drug-likeness (QED) is 0.632. The van der Waals surface area contributed by atoms with Crippen molar-refractivity contribution in [3.63, 3.8) is 0 Å². The lowest BCUT2D eigenvalue weighted by atomic mass is 10.1. The standard InChI is InChI=1S/C11H10N6O2S/c18-8(10(19)11-13-15-16-14-11)4-7-5-12-17(6-7)9-2-1-3-20-9/h1,3,5-6,9H,2,4H2,(H,13,14,15,16). The molecule has 3 rings (SSSR count). The summed E-state index contributed by atoms with van der Waals surface area (Å²) in [6, 6.07) is 0. The Balaban J connectivity index is 1.66. The number of thioether (sulfide) groups is 1. The first kappa shape index (κ1) is 12.7. The highest BCUT2D eigenvalue weighted by Crippen LogP contribution is 2.33. The van der Waals surface area contributed by atoms with E-state index >= 15 is 0 Å². The SMILES string of the molecule is O=C(Cc1cnn(C2CC=CS2)c1)C(=O)c1nn[nH]n1. The molecule has 0 saturated heterocycles. The van der Waals surface area contributed by atoms with Crippen molar-refractivity contribution in [2.45, 2.75) is 18.2 Å². The summed E-state index contributed by atoms with van der Waals surface area (Å²) in [5.74, 6) is -1.54. The molecule has 20 heavy (non-hydrogen) atoms. The third-order valence-electron chi connectivity index (χ3n) is 2.79. The molecule has 0 spiro atoms. The van der Waals surface area contributed by atoms with E-state index in [9.17, 15) is 9.59 Å². The zero-order valence-corrected chi connectivity index (χ0v) is 11.1. The number of H-pyrrole nitrogens is 1. The largest absolute Gasteiger partial charge is 0.290 e. The minimum atomic E-state index is -0.747. The zero-order chi connectivity index (χ0) is 13.9. The number of tetrazole rings is 1. The Morgan fingerprint density at radius 3 is 3.10 bits per heavy atom. The number of carbonyl (C=O) groups excluding carboxylic acids is 2. The van der Waals surface area contributed by atoms with Gasteiger partial charge in [-0.25, -0.2) is 0 Å². The molecule has 1 aliphatic heterocycles. The molecule has 0 aliphatic carbocycles. The normalized spacial score (nSPS) is 17.5. The Kier molecular flexibility index (Phi) is 3.42. The Morgan fingerprint density at radius 1 is 1.50 bits per heavy atom. The van der Waals surface area contributed by atoms with E-state index < -0.39 is 11.6 Å². The van der Waals surface area contributed by atoms with E-state index in [1.165, 1.54) is 0 Å². The van der Waals surface area contributed by atoms with Gasteiger partial charge < -0.3 is 0 Å². The second-order valence-electron chi connectivity index (χ2n) is 4.19. The van der Waals surface area contributed by atoms with Crippen molar-refractivity contribution in [2.24, 2.45) is 0 Å². The maximum atomic E-state index is 11.8. The number of rotatable bonds is 5. The highest BCUT2D eigenvalue weighted by atomic mass is 32.2. The molecule has 0 amide bonds. The number of carbonyl (C=O) groups is 2. The molecule has 2 aromatic rings. The molecular formula is C11H10N6O2S. The van der Waals surface area contributed by atoms with Crippen molar-refractivity contribution >= 4 is 23.3 Å². The molecule has 0 bridgehead atoms.